The molecular formula is C21H28AsClN4O4S. The summed E-state index contributed by atoms with van der Waals surface area (Å²) < 4.78 is 35.9. The minimum Gasteiger partial charge on any atom is -0.147 e. The number of aromatic nitrogens is 2. The van der Waals surface area contributed by atoms with Crippen molar-refractivity contribution in [3.05, 3.63) is 34.5 Å². The Hall–Kier alpha value is -1.70. The molecule has 2 atom stereocenters. The van der Waals surface area contributed by atoms with Crippen LogP contribution in [0.25, 0.3) is 0 Å². The molecule has 32 heavy (non-hydrogen) atoms. The Morgan fingerprint density at radius 3 is 2.56 bits per heavy atom. The Morgan fingerprint density at radius 1 is 1.22 bits per heavy atom. The summed E-state index contributed by atoms with van der Waals surface area (Å²) in [5.74, 6) is 0.223. The smallest absolute Gasteiger partial charge is 0.147 e. The minimum absolute atomic E-state index is 0. The number of hydrogen-bond acceptors (Lipinski definition) is 5. The maximum absolute atomic E-state index is 12.9. The van der Waals surface area contributed by atoms with Gasteiger partial charge in [0.15, 0.2) is 0 Å². The zero-order chi connectivity index (χ0) is 21.6. The molecule has 174 valence electrons. The van der Waals surface area contributed by atoms with Crippen molar-refractivity contribution in [2.24, 2.45) is 0 Å². The number of sulfonamides is 1. The van der Waals surface area contributed by atoms with Crippen molar-refractivity contribution in [3.63, 3.8) is 0 Å². The van der Waals surface area contributed by atoms with E-state index >= 15 is 0 Å². The maximum atomic E-state index is 12.9. The van der Waals surface area contributed by atoms with Crippen LogP contribution in [0.2, 0.25) is 9.91 Å². The molecule has 2 amide bonds. The number of urea groups is 1. The second kappa shape index (κ2) is 9.27. The number of anilines is 1. The average Bonchev–Trinajstić information content (AvgIpc) is 3.46. The molecule has 1 aromatic carbocycles. The van der Waals surface area contributed by atoms with Gasteiger partial charge in [-0.05, 0) is 25.7 Å². The van der Waals surface area contributed by atoms with Crippen LogP contribution in [0.4, 0.5) is 10.5 Å². The Balaban J connectivity index is 0.00000245. The molecule has 0 bridgehead atoms. The molecule has 2 heterocycles. The number of ether oxygens (including phenoxy) is 1. The number of aryl methyl sites for hydroxylation is 2. The summed E-state index contributed by atoms with van der Waals surface area (Å²) in [7, 11) is -4.10. The number of rotatable bonds is 5. The Labute approximate surface area is 201 Å². The summed E-state index contributed by atoms with van der Waals surface area (Å²) in [5.41, 5.74) is 5.69. The van der Waals surface area contributed by atoms with Crippen molar-refractivity contribution >= 4 is 49.9 Å². The summed E-state index contributed by atoms with van der Waals surface area (Å²) >= 11 is -0.139. The molecule has 1 aromatic heterocycles. The van der Waals surface area contributed by atoms with Crippen molar-refractivity contribution in [2.45, 2.75) is 66.8 Å². The third-order valence-electron chi connectivity index (χ3n) is 6.30. The number of amides is 2. The van der Waals surface area contributed by atoms with E-state index in [2.05, 4.69) is 28.1 Å². The van der Waals surface area contributed by atoms with Gasteiger partial charge >= 0.3 is 157 Å². The molecular weight excluding hydrogens is 515 g/mol. The molecule has 11 heteroatoms. The zero-order valence-corrected chi connectivity index (χ0v) is 21.7. The Morgan fingerprint density at radius 2 is 1.91 bits per heavy atom. The summed E-state index contributed by atoms with van der Waals surface area (Å²) in [6.45, 7) is 3.35. The van der Waals surface area contributed by atoms with Gasteiger partial charge in [0, 0.05) is 0 Å². The van der Waals surface area contributed by atoms with E-state index in [1.54, 1.807) is 4.68 Å². The molecule has 0 radical (unpaired) electrons. The van der Waals surface area contributed by atoms with E-state index in [1.165, 1.54) is 17.3 Å². The van der Waals surface area contributed by atoms with Gasteiger partial charge < -0.3 is 0 Å². The van der Waals surface area contributed by atoms with E-state index in [0.29, 0.717) is 17.9 Å². The number of carbonyl (C=O) groups is 1. The van der Waals surface area contributed by atoms with Crippen LogP contribution in [-0.2, 0) is 42.3 Å². The Kier molecular flexibility index (Phi) is 6.80. The van der Waals surface area contributed by atoms with Crippen LogP contribution < -0.4 is 14.8 Å². The van der Waals surface area contributed by atoms with Gasteiger partial charge in [-0.25, -0.2) is 0 Å². The average molecular weight is 543 g/mol. The van der Waals surface area contributed by atoms with Crippen molar-refractivity contribution in [2.75, 3.05) is 11.9 Å². The molecule has 0 spiro atoms. The summed E-state index contributed by atoms with van der Waals surface area (Å²) in [4.78, 5) is 12.7. The number of fused-ring (bicyclic) bond motifs is 3. The molecule has 0 saturated heterocycles. The van der Waals surface area contributed by atoms with E-state index in [9.17, 15) is 13.2 Å². The number of nitrogens with zero attached hydrogens (tertiary/aromatic N) is 2. The molecule has 2 aliphatic carbocycles. The quantitative estimate of drug-likeness (QED) is 0.566. The maximum Gasteiger partial charge on any atom is -0.147 e. The predicted octanol–water partition coefficient (Wildman–Crippen LogP) is 2.85. The van der Waals surface area contributed by atoms with Gasteiger partial charge in [-0.15, -0.1) is 12.4 Å². The van der Waals surface area contributed by atoms with Crippen molar-refractivity contribution in [1.29, 1.82) is 0 Å². The van der Waals surface area contributed by atoms with Crippen molar-refractivity contribution in [1.82, 2.24) is 14.5 Å². The molecule has 3 aliphatic rings. The largest absolute Gasteiger partial charge is 0.147 e. The molecule has 2 unspecified atom stereocenters. The normalized spacial score (nSPS) is 19.1. The van der Waals surface area contributed by atoms with Gasteiger partial charge in [0.1, 0.15) is 0 Å². The first-order valence-corrected chi connectivity index (χ1v) is 15.1. The van der Waals surface area contributed by atoms with Crippen LogP contribution in [0.15, 0.2) is 17.2 Å². The van der Waals surface area contributed by atoms with E-state index in [4.69, 9.17) is 4.74 Å². The Bertz CT molecular complexity index is 1120. The topological polar surface area (TPSA) is 102 Å². The summed E-state index contributed by atoms with van der Waals surface area (Å²) in [6, 6.07) is 1.54. The number of carbonyl (C=O) groups excluding carboxylic acids is 1. The van der Waals surface area contributed by atoms with Crippen LogP contribution >= 0.6 is 12.4 Å². The number of nitrogens with one attached hydrogen (secondary N) is 2. The van der Waals surface area contributed by atoms with Crippen LogP contribution in [0.5, 0.6) is 5.88 Å². The number of halogens is 1. The minimum atomic E-state index is -4.10. The van der Waals surface area contributed by atoms with Crippen molar-refractivity contribution in [3.8, 4) is 5.88 Å². The standard InChI is InChI=1S/C21H27AsN4O4S.ClH/c1-2-22-15-11-26-20(30-12-15)18(10-23-26)31(28,29)25-21(27)24-19-16-7-3-5-13(16)9-14-6-4-8-17(14)19;/h9-10,15,22H,2-8,11-12H2,1H3,(H2,24,25,27);1H. The molecule has 2 N–H and O–H groups in total. The summed E-state index contributed by atoms with van der Waals surface area (Å²) in [6.07, 6.45) is 7.26. The van der Waals surface area contributed by atoms with Crippen LogP contribution in [-0.4, -0.2) is 46.6 Å². The van der Waals surface area contributed by atoms with E-state index < -0.39 is 16.1 Å². The second-order valence-corrected chi connectivity index (χ2v) is 14.1. The van der Waals surface area contributed by atoms with Crippen LogP contribution in [0.3, 0.4) is 0 Å². The van der Waals surface area contributed by atoms with Gasteiger partial charge in [0.2, 0.25) is 0 Å². The second-order valence-electron chi connectivity index (χ2n) is 8.36. The van der Waals surface area contributed by atoms with Gasteiger partial charge in [0.25, 0.3) is 0 Å². The first-order chi connectivity index (χ1) is 15.0. The molecule has 0 saturated carbocycles. The fourth-order valence-electron chi connectivity index (χ4n) is 4.95. The summed E-state index contributed by atoms with van der Waals surface area (Å²) in [5, 5.41) is 8.23. The fraction of sp³-hybridized carbons (Fsp3) is 0.524. The molecule has 8 nitrogen and oxygen atoms in total. The molecule has 0 fully saturated rings. The number of benzene rings is 1. The van der Waals surface area contributed by atoms with E-state index in [-0.39, 0.29) is 38.9 Å². The monoisotopic (exact) mass is 542 g/mol. The van der Waals surface area contributed by atoms with Crippen LogP contribution in [0.1, 0.15) is 42.0 Å². The van der Waals surface area contributed by atoms with Gasteiger partial charge in [0.05, 0.1) is 0 Å². The first-order valence-electron chi connectivity index (χ1n) is 10.9. The van der Waals surface area contributed by atoms with Gasteiger partial charge in [-0.2, -0.15) is 0 Å². The third kappa shape index (κ3) is 4.27. The van der Waals surface area contributed by atoms with Crippen molar-refractivity contribution < 1.29 is 17.9 Å². The molecule has 2 aromatic rings. The first kappa shape index (κ1) is 23.5. The van der Waals surface area contributed by atoms with Crippen LogP contribution in [0, 0.1) is 0 Å². The van der Waals surface area contributed by atoms with E-state index in [0.717, 1.165) is 60.5 Å². The molecule has 5 rings (SSSR count). The van der Waals surface area contributed by atoms with E-state index in [1.807, 2.05) is 0 Å². The predicted molar refractivity (Wildman–Crippen MR) is 126 cm³/mol. The SMILES string of the molecule is CC[AsH]C1COc2c(S(=O)(=O)NC(=O)Nc3c4c(cc5c3CCC5)CCC4)cnn2C1.Cl. The fourth-order valence-corrected chi connectivity index (χ4v) is 8.21. The number of hydrogen-bond donors (Lipinski definition) is 2. The van der Waals surface area contributed by atoms with Gasteiger partial charge in [-0.1, -0.05) is 6.07 Å². The van der Waals surface area contributed by atoms with Gasteiger partial charge in [-0.3, -0.25) is 0 Å². The zero-order valence-electron chi connectivity index (χ0n) is 17.9. The molecule has 1 aliphatic heterocycles. The third-order valence-corrected chi connectivity index (χ3v) is 10.4.